The van der Waals surface area contributed by atoms with Crippen LogP contribution in [0.15, 0.2) is 18.2 Å². The SMILES string of the molecule is C[C@@H](CNC(=O)c1cccc2c1OCCO2)C(=O)O. The normalized spacial score (nSPS) is 14.6. The second-order valence-corrected chi connectivity index (χ2v) is 4.28. The van der Waals surface area contributed by atoms with E-state index in [-0.39, 0.29) is 12.5 Å². The van der Waals surface area contributed by atoms with E-state index >= 15 is 0 Å². The van der Waals surface area contributed by atoms with Crippen LogP contribution >= 0.6 is 0 Å². The Morgan fingerprint density at radius 2 is 2.11 bits per heavy atom. The van der Waals surface area contributed by atoms with Gasteiger partial charge in [-0.2, -0.15) is 0 Å². The number of carbonyl (C=O) groups is 2. The number of hydrogen-bond donors (Lipinski definition) is 2. The second kappa shape index (κ2) is 5.60. The van der Waals surface area contributed by atoms with Crippen LogP contribution in [0.5, 0.6) is 11.5 Å². The molecule has 1 aliphatic rings. The van der Waals surface area contributed by atoms with Crippen molar-refractivity contribution in [1.82, 2.24) is 5.32 Å². The lowest BCUT2D eigenvalue weighted by Gasteiger charge is -2.20. The molecule has 1 heterocycles. The maximum Gasteiger partial charge on any atom is 0.308 e. The molecule has 0 saturated carbocycles. The summed E-state index contributed by atoms with van der Waals surface area (Å²) in [5, 5.41) is 11.3. The average Bonchev–Trinajstić information content (AvgIpc) is 2.43. The molecule has 1 aliphatic heterocycles. The monoisotopic (exact) mass is 265 g/mol. The van der Waals surface area contributed by atoms with Crippen LogP contribution in [0.25, 0.3) is 0 Å². The van der Waals surface area contributed by atoms with Gasteiger partial charge in [-0.3, -0.25) is 9.59 Å². The molecule has 0 aromatic heterocycles. The van der Waals surface area contributed by atoms with Gasteiger partial charge in [0.1, 0.15) is 13.2 Å². The fourth-order valence-electron chi connectivity index (χ4n) is 1.68. The van der Waals surface area contributed by atoms with E-state index in [0.717, 1.165) is 0 Å². The number of para-hydroxylation sites is 1. The van der Waals surface area contributed by atoms with Crippen LogP contribution in [0.1, 0.15) is 17.3 Å². The van der Waals surface area contributed by atoms with Crippen molar-refractivity contribution >= 4 is 11.9 Å². The van der Waals surface area contributed by atoms with Crippen molar-refractivity contribution in [1.29, 1.82) is 0 Å². The predicted octanol–water partition coefficient (Wildman–Crippen LogP) is 0.908. The predicted molar refractivity (Wildman–Crippen MR) is 66.6 cm³/mol. The topological polar surface area (TPSA) is 84.9 Å². The fourth-order valence-corrected chi connectivity index (χ4v) is 1.68. The lowest BCUT2D eigenvalue weighted by atomic mass is 10.1. The third-order valence-corrected chi connectivity index (χ3v) is 2.80. The summed E-state index contributed by atoms with van der Waals surface area (Å²) in [7, 11) is 0. The highest BCUT2D eigenvalue weighted by Gasteiger charge is 2.21. The average molecular weight is 265 g/mol. The van der Waals surface area contributed by atoms with Crippen LogP contribution in [-0.2, 0) is 4.79 Å². The Labute approximate surface area is 110 Å². The van der Waals surface area contributed by atoms with Gasteiger partial charge in [-0.15, -0.1) is 0 Å². The van der Waals surface area contributed by atoms with Gasteiger partial charge < -0.3 is 19.9 Å². The molecule has 19 heavy (non-hydrogen) atoms. The van der Waals surface area contributed by atoms with Gasteiger partial charge in [0.25, 0.3) is 5.91 Å². The van der Waals surface area contributed by atoms with Crippen LogP contribution < -0.4 is 14.8 Å². The maximum absolute atomic E-state index is 12.0. The first kappa shape index (κ1) is 13.2. The Morgan fingerprint density at radius 3 is 2.84 bits per heavy atom. The lowest BCUT2D eigenvalue weighted by molar-refractivity contribution is -0.140. The van der Waals surface area contributed by atoms with Crippen LogP contribution in [0.3, 0.4) is 0 Å². The molecule has 0 radical (unpaired) electrons. The molecule has 6 nitrogen and oxygen atoms in total. The Morgan fingerprint density at radius 1 is 1.37 bits per heavy atom. The number of nitrogens with one attached hydrogen (secondary N) is 1. The van der Waals surface area contributed by atoms with E-state index in [2.05, 4.69) is 5.32 Å². The van der Waals surface area contributed by atoms with Crippen LogP contribution in [-0.4, -0.2) is 36.7 Å². The third kappa shape index (κ3) is 2.96. The molecule has 0 aliphatic carbocycles. The summed E-state index contributed by atoms with van der Waals surface area (Å²) >= 11 is 0. The molecule has 1 aromatic carbocycles. The Kier molecular flexibility index (Phi) is 3.89. The third-order valence-electron chi connectivity index (χ3n) is 2.80. The van der Waals surface area contributed by atoms with E-state index in [1.165, 1.54) is 6.92 Å². The van der Waals surface area contributed by atoms with Crippen molar-refractivity contribution in [3.05, 3.63) is 23.8 Å². The summed E-state index contributed by atoms with van der Waals surface area (Å²) in [4.78, 5) is 22.7. The molecule has 1 atom stereocenters. The van der Waals surface area contributed by atoms with E-state index < -0.39 is 11.9 Å². The van der Waals surface area contributed by atoms with Crippen molar-refractivity contribution < 1.29 is 24.2 Å². The van der Waals surface area contributed by atoms with E-state index in [4.69, 9.17) is 14.6 Å². The molecule has 6 heteroatoms. The smallest absolute Gasteiger partial charge is 0.308 e. The molecule has 102 valence electrons. The molecule has 1 amide bonds. The van der Waals surface area contributed by atoms with E-state index in [9.17, 15) is 9.59 Å². The second-order valence-electron chi connectivity index (χ2n) is 4.28. The number of carboxylic acids is 1. The minimum absolute atomic E-state index is 0.0681. The number of hydrogen-bond acceptors (Lipinski definition) is 4. The Balaban J connectivity index is 2.09. The molecular formula is C13H15NO5. The number of amides is 1. The number of carbonyl (C=O) groups excluding carboxylic acids is 1. The highest BCUT2D eigenvalue weighted by atomic mass is 16.6. The number of benzene rings is 1. The summed E-state index contributed by atoms with van der Waals surface area (Å²) in [5.41, 5.74) is 0.356. The van der Waals surface area contributed by atoms with Crippen LogP contribution in [0, 0.1) is 5.92 Å². The molecule has 0 fully saturated rings. The van der Waals surface area contributed by atoms with Gasteiger partial charge in [0.15, 0.2) is 11.5 Å². The molecular weight excluding hydrogens is 250 g/mol. The fraction of sp³-hybridized carbons (Fsp3) is 0.385. The Hall–Kier alpha value is -2.24. The number of carboxylic acid groups (broad SMARTS) is 1. The number of aliphatic carboxylic acids is 1. The first-order chi connectivity index (χ1) is 9.09. The van der Waals surface area contributed by atoms with Crippen molar-refractivity contribution in [2.45, 2.75) is 6.92 Å². The highest BCUT2D eigenvalue weighted by molar-refractivity contribution is 5.98. The van der Waals surface area contributed by atoms with Gasteiger partial charge >= 0.3 is 5.97 Å². The van der Waals surface area contributed by atoms with Crippen molar-refractivity contribution in [2.24, 2.45) is 5.92 Å². The number of ether oxygens (including phenoxy) is 2. The van der Waals surface area contributed by atoms with Gasteiger partial charge in [-0.05, 0) is 12.1 Å². The maximum atomic E-state index is 12.0. The lowest BCUT2D eigenvalue weighted by Crippen LogP contribution is -2.32. The van der Waals surface area contributed by atoms with Gasteiger partial charge in [-0.1, -0.05) is 13.0 Å². The molecule has 2 N–H and O–H groups in total. The minimum Gasteiger partial charge on any atom is -0.486 e. The van der Waals surface area contributed by atoms with Crippen LogP contribution in [0.2, 0.25) is 0 Å². The summed E-state index contributed by atoms with van der Waals surface area (Å²) in [5.74, 6) is -1.01. The van der Waals surface area contributed by atoms with Crippen molar-refractivity contribution in [2.75, 3.05) is 19.8 Å². The molecule has 0 spiro atoms. The first-order valence-corrected chi connectivity index (χ1v) is 5.99. The molecule has 2 rings (SSSR count). The summed E-state index contributed by atoms with van der Waals surface area (Å²) < 4.78 is 10.8. The number of rotatable bonds is 4. The van der Waals surface area contributed by atoms with Crippen molar-refractivity contribution in [3.63, 3.8) is 0 Å². The zero-order chi connectivity index (χ0) is 13.8. The highest BCUT2D eigenvalue weighted by Crippen LogP contribution is 2.33. The first-order valence-electron chi connectivity index (χ1n) is 5.99. The standard InChI is InChI=1S/C13H15NO5/c1-8(13(16)17)7-14-12(15)9-3-2-4-10-11(9)19-6-5-18-10/h2-4,8H,5-7H2,1H3,(H,14,15)(H,16,17)/t8-/m0/s1. The van der Waals surface area contributed by atoms with Gasteiger partial charge in [-0.25, -0.2) is 0 Å². The van der Waals surface area contributed by atoms with E-state index in [0.29, 0.717) is 30.3 Å². The minimum atomic E-state index is -0.949. The Bertz CT molecular complexity index is 500. The molecule has 0 unspecified atom stereocenters. The summed E-state index contributed by atoms with van der Waals surface area (Å²) in [6.07, 6.45) is 0. The van der Waals surface area contributed by atoms with E-state index in [1.807, 2.05) is 0 Å². The number of fused-ring (bicyclic) bond motifs is 1. The van der Waals surface area contributed by atoms with Crippen LogP contribution in [0.4, 0.5) is 0 Å². The molecule has 0 bridgehead atoms. The zero-order valence-corrected chi connectivity index (χ0v) is 10.5. The van der Waals surface area contributed by atoms with Crippen molar-refractivity contribution in [3.8, 4) is 11.5 Å². The molecule has 1 aromatic rings. The summed E-state index contributed by atoms with van der Waals surface area (Å²) in [6, 6.07) is 5.04. The molecule has 0 saturated heterocycles. The summed E-state index contributed by atoms with van der Waals surface area (Å²) in [6.45, 7) is 2.44. The van der Waals surface area contributed by atoms with E-state index in [1.54, 1.807) is 18.2 Å². The van der Waals surface area contributed by atoms with Gasteiger partial charge in [0.2, 0.25) is 0 Å². The quantitative estimate of drug-likeness (QED) is 0.845. The largest absolute Gasteiger partial charge is 0.486 e. The van der Waals surface area contributed by atoms with Gasteiger partial charge in [0.05, 0.1) is 11.5 Å². The zero-order valence-electron chi connectivity index (χ0n) is 10.5. The van der Waals surface area contributed by atoms with Gasteiger partial charge in [0, 0.05) is 6.54 Å².